The molecule has 0 spiro atoms. The predicted octanol–water partition coefficient (Wildman–Crippen LogP) is 4.16. The molecule has 0 aliphatic heterocycles. The zero-order chi connectivity index (χ0) is 21.3. The number of aliphatic imine (C=N–C) groups is 1. The van der Waals surface area contributed by atoms with Gasteiger partial charge >= 0.3 is 0 Å². The number of nitrogens with one attached hydrogen (secondary N) is 1. The Morgan fingerprint density at radius 3 is 2.93 bits per heavy atom. The van der Waals surface area contributed by atoms with Gasteiger partial charge in [-0.2, -0.15) is 0 Å². The van der Waals surface area contributed by atoms with Crippen molar-refractivity contribution in [2.45, 2.75) is 64.8 Å². The first-order valence-electron chi connectivity index (χ1n) is 10.7. The molecule has 1 fully saturated rings. The Kier molecular flexibility index (Phi) is 8.45. The molecule has 30 heavy (non-hydrogen) atoms. The van der Waals surface area contributed by atoms with E-state index in [1.54, 1.807) is 24.6 Å². The molecule has 0 saturated heterocycles. The van der Waals surface area contributed by atoms with Crippen LogP contribution in [0.25, 0.3) is 0 Å². The minimum Gasteiger partial charge on any atom is -0.474 e. The van der Waals surface area contributed by atoms with Gasteiger partial charge in [0.1, 0.15) is 17.2 Å². The summed E-state index contributed by atoms with van der Waals surface area (Å²) in [5.41, 5.74) is 2.02. The van der Waals surface area contributed by atoms with Crippen LogP contribution < -0.4 is 10.1 Å². The largest absolute Gasteiger partial charge is 0.474 e. The third kappa shape index (κ3) is 6.15. The van der Waals surface area contributed by atoms with Crippen molar-refractivity contribution in [3.63, 3.8) is 0 Å². The van der Waals surface area contributed by atoms with Crippen LogP contribution in [0.1, 0.15) is 61.9 Å². The summed E-state index contributed by atoms with van der Waals surface area (Å²) >= 11 is 1.63. The third-order valence-electron chi connectivity index (χ3n) is 5.20. The molecule has 1 atom stereocenters. The van der Waals surface area contributed by atoms with Crippen molar-refractivity contribution < 1.29 is 9.47 Å². The van der Waals surface area contributed by atoms with Crippen LogP contribution in [-0.4, -0.2) is 47.6 Å². The van der Waals surface area contributed by atoms with Crippen LogP contribution in [-0.2, 0) is 17.8 Å². The molecule has 2 aromatic rings. The van der Waals surface area contributed by atoms with E-state index in [2.05, 4.69) is 27.5 Å². The van der Waals surface area contributed by atoms with Crippen molar-refractivity contribution in [2.75, 3.05) is 20.7 Å². The van der Waals surface area contributed by atoms with Gasteiger partial charge in [-0.3, -0.25) is 0 Å². The van der Waals surface area contributed by atoms with Crippen molar-refractivity contribution in [2.24, 2.45) is 4.99 Å². The van der Waals surface area contributed by atoms with Crippen LogP contribution in [0, 0.1) is 0 Å². The second kappa shape index (κ2) is 11.3. The van der Waals surface area contributed by atoms with Gasteiger partial charge in [0.2, 0.25) is 5.88 Å². The Morgan fingerprint density at radius 1 is 1.40 bits per heavy atom. The quantitative estimate of drug-likeness (QED) is 0.475. The molecule has 1 unspecified atom stereocenters. The van der Waals surface area contributed by atoms with Gasteiger partial charge in [0.25, 0.3) is 0 Å². The molecule has 1 aliphatic rings. The van der Waals surface area contributed by atoms with E-state index in [4.69, 9.17) is 19.5 Å². The first-order chi connectivity index (χ1) is 14.6. The van der Waals surface area contributed by atoms with E-state index < -0.39 is 0 Å². The van der Waals surface area contributed by atoms with Crippen LogP contribution in [0.4, 0.5) is 0 Å². The number of pyridine rings is 1. The molecule has 2 heterocycles. The van der Waals surface area contributed by atoms with Gasteiger partial charge in [0.15, 0.2) is 5.96 Å². The van der Waals surface area contributed by atoms with E-state index in [0.29, 0.717) is 19.0 Å². The van der Waals surface area contributed by atoms with Gasteiger partial charge in [0, 0.05) is 37.8 Å². The average Bonchev–Trinajstić information content (AvgIpc) is 3.43. The van der Waals surface area contributed by atoms with Gasteiger partial charge < -0.3 is 19.7 Å². The van der Waals surface area contributed by atoms with Gasteiger partial charge in [0.05, 0.1) is 18.8 Å². The Labute approximate surface area is 183 Å². The molecule has 1 aliphatic carbocycles. The van der Waals surface area contributed by atoms with Gasteiger partial charge in [-0.05, 0) is 45.6 Å². The minimum atomic E-state index is 0.0137. The van der Waals surface area contributed by atoms with Crippen molar-refractivity contribution in [1.82, 2.24) is 20.2 Å². The van der Waals surface area contributed by atoms with E-state index in [1.165, 1.54) is 12.8 Å². The molecule has 0 radical (unpaired) electrons. The Balaban J connectivity index is 1.67. The number of hydrogen-bond donors (Lipinski definition) is 1. The van der Waals surface area contributed by atoms with Gasteiger partial charge in [-0.15, -0.1) is 11.3 Å². The lowest BCUT2D eigenvalue weighted by Gasteiger charge is -2.21. The number of guanidine groups is 1. The lowest BCUT2D eigenvalue weighted by molar-refractivity contribution is 0.119. The van der Waals surface area contributed by atoms with Crippen LogP contribution in [0.3, 0.4) is 0 Å². The highest BCUT2D eigenvalue weighted by molar-refractivity contribution is 7.09. The minimum absolute atomic E-state index is 0.0137. The summed E-state index contributed by atoms with van der Waals surface area (Å²) in [5.74, 6) is 1.55. The summed E-state index contributed by atoms with van der Waals surface area (Å²) in [7, 11) is 3.73. The SMILES string of the molecule is CCNC(=NCc1cccnc1OC1CCCC1)N(C)Cc1csc(C(C)OC)n1. The number of thiazole rings is 1. The standard InChI is InChI=1S/C22H33N5O2S/c1-5-23-22(27(3)14-18-15-30-21(26-18)16(2)28-4)25-13-17-9-8-12-24-20(17)29-19-10-6-7-11-19/h8-9,12,15-16,19H,5-7,10-11,13-14H2,1-4H3,(H,23,25). The monoisotopic (exact) mass is 431 g/mol. The number of aromatic nitrogens is 2. The molecule has 164 valence electrons. The first kappa shape index (κ1) is 22.5. The molecular formula is C22H33N5O2S. The Hall–Kier alpha value is -2.19. The van der Waals surface area contributed by atoms with Crippen molar-refractivity contribution in [1.29, 1.82) is 0 Å². The fourth-order valence-electron chi connectivity index (χ4n) is 3.45. The summed E-state index contributed by atoms with van der Waals surface area (Å²) in [6.07, 6.45) is 6.79. The topological polar surface area (TPSA) is 71.9 Å². The fraction of sp³-hybridized carbons (Fsp3) is 0.591. The smallest absolute Gasteiger partial charge is 0.218 e. The second-order valence-electron chi connectivity index (χ2n) is 7.57. The highest BCUT2D eigenvalue weighted by Crippen LogP contribution is 2.25. The summed E-state index contributed by atoms with van der Waals surface area (Å²) < 4.78 is 11.5. The molecule has 1 N–H and O–H groups in total. The summed E-state index contributed by atoms with van der Waals surface area (Å²) in [6, 6.07) is 3.99. The maximum absolute atomic E-state index is 6.16. The molecular weight excluding hydrogens is 398 g/mol. The Bertz CT molecular complexity index is 819. The number of hydrogen-bond acceptors (Lipinski definition) is 6. The second-order valence-corrected chi connectivity index (χ2v) is 8.46. The third-order valence-corrected chi connectivity index (χ3v) is 6.25. The zero-order valence-corrected chi connectivity index (χ0v) is 19.2. The lowest BCUT2D eigenvalue weighted by atomic mass is 10.2. The van der Waals surface area contributed by atoms with Crippen molar-refractivity contribution in [3.05, 3.63) is 40.0 Å². The van der Waals surface area contributed by atoms with Crippen LogP contribution in [0.15, 0.2) is 28.7 Å². The summed E-state index contributed by atoms with van der Waals surface area (Å²) in [5, 5.41) is 6.45. The summed E-state index contributed by atoms with van der Waals surface area (Å²) in [4.78, 5) is 16.1. The molecule has 8 heteroatoms. The average molecular weight is 432 g/mol. The molecule has 0 aromatic carbocycles. The summed E-state index contributed by atoms with van der Waals surface area (Å²) in [6.45, 7) is 6.08. The van der Waals surface area contributed by atoms with Crippen LogP contribution in [0.5, 0.6) is 5.88 Å². The zero-order valence-electron chi connectivity index (χ0n) is 18.4. The van der Waals surface area contributed by atoms with E-state index >= 15 is 0 Å². The number of ether oxygens (including phenoxy) is 2. The van der Waals surface area contributed by atoms with Crippen LogP contribution in [0.2, 0.25) is 0 Å². The molecule has 0 bridgehead atoms. The first-order valence-corrected chi connectivity index (χ1v) is 11.6. The maximum Gasteiger partial charge on any atom is 0.218 e. The Morgan fingerprint density at radius 2 is 2.20 bits per heavy atom. The molecule has 2 aromatic heterocycles. The number of nitrogens with zero attached hydrogens (tertiary/aromatic N) is 4. The highest BCUT2D eigenvalue weighted by atomic mass is 32.1. The number of methoxy groups -OCH3 is 1. The van der Waals surface area contributed by atoms with E-state index in [1.807, 2.05) is 26.1 Å². The van der Waals surface area contributed by atoms with E-state index in [0.717, 1.165) is 41.6 Å². The molecule has 3 rings (SSSR count). The normalized spacial score (nSPS) is 15.9. The van der Waals surface area contributed by atoms with Crippen molar-refractivity contribution in [3.8, 4) is 5.88 Å². The lowest BCUT2D eigenvalue weighted by Crippen LogP contribution is -2.38. The van der Waals surface area contributed by atoms with Crippen molar-refractivity contribution >= 4 is 17.3 Å². The molecule has 7 nitrogen and oxygen atoms in total. The van der Waals surface area contributed by atoms with Gasteiger partial charge in [-0.1, -0.05) is 6.07 Å². The van der Waals surface area contributed by atoms with E-state index in [-0.39, 0.29) is 12.2 Å². The molecule has 0 amide bonds. The maximum atomic E-state index is 6.16. The van der Waals surface area contributed by atoms with Crippen LogP contribution >= 0.6 is 11.3 Å². The fourth-order valence-corrected chi connectivity index (χ4v) is 4.29. The molecule has 1 saturated carbocycles. The predicted molar refractivity (Wildman–Crippen MR) is 121 cm³/mol. The highest BCUT2D eigenvalue weighted by Gasteiger charge is 2.19. The van der Waals surface area contributed by atoms with E-state index in [9.17, 15) is 0 Å². The number of rotatable bonds is 9. The van der Waals surface area contributed by atoms with Gasteiger partial charge in [-0.25, -0.2) is 15.0 Å².